The van der Waals surface area contributed by atoms with Gasteiger partial charge in [-0.15, -0.1) is 0 Å². The van der Waals surface area contributed by atoms with Crippen LogP contribution in [0.15, 0.2) is 0 Å². The molecule has 7 nitrogen and oxygen atoms in total. The van der Waals surface area contributed by atoms with Gasteiger partial charge in [0.1, 0.15) is 0 Å². The number of nitrogens with one attached hydrogen (secondary N) is 2. The Balaban J connectivity index is 3.35. The van der Waals surface area contributed by atoms with Crippen LogP contribution in [0.2, 0.25) is 24.2 Å². The number of urea groups is 1. The average Bonchev–Trinajstić information content (AvgIpc) is 2.60. The second kappa shape index (κ2) is 17.4. The molecular weight excluding hydrogens is 344 g/mol. The highest BCUT2D eigenvalue weighted by Crippen LogP contribution is 2.01. The third kappa shape index (κ3) is 13.9. The molecule has 0 atom stereocenters. The lowest BCUT2D eigenvalue weighted by Gasteiger charge is -2.13. The van der Waals surface area contributed by atoms with Gasteiger partial charge < -0.3 is 29.6 Å². The molecule has 144 valence electrons. The molecule has 0 aliphatic rings. The lowest BCUT2D eigenvalue weighted by atomic mass is 10.4. The fourth-order valence-corrected chi connectivity index (χ4v) is 5.75. The van der Waals surface area contributed by atoms with Gasteiger partial charge in [-0.2, -0.15) is 0 Å². The summed E-state index contributed by atoms with van der Waals surface area (Å²) < 4.78 is 20.7. The molecule has 0 aliphatic carbocycles. The molecule has 0 aliphatic heterocycles. The molecule has 0 spiro atoms. The number of methoxy groups -OCH3 is 4. The number of hydrogen-bond donors (Lipinski definition) is 2. The van der Waals surface area contributed by atoms with Gasteiger partial charge in [0.15, 0.2) is 12.6 Å². The highest BCUT2D eigenvalue weighted by atomic mass is 28.2. The molecule has 0 aromatic carbocycles. The normalized spacial score (nSPS) is 12.2. The molecule has 2 N–H and O–H groups in total. The van der Waals surface area contributed by atoms with Crippen molar-refractivity contribution in [1.82, 2.24) is 10.6 Å². The Hall–Kier alpha value is -0.456. The molecular formula is C15H36N2O5Si2. The lowest BCUT2D eigenvalue weighted by Crippen LogP contribution is -2.36. The fraction of sp³-hybridized carbons (Fsp3) is 0.933. The summed E-state index contributed by atoms with van der Waals surface area (Å²) in [5.74, 6) is 0. The molecule has 0 heterocycles. The molecule has 0 radical (unpaired) electrons. The van der Waals surface area contributed by atoms with Crippen molar-refractivity contribution in [1.29, 1.82) is 0 Å². The van der Waals surface area contributed by atoms with E-state index in [1.807, 2.05) is 0 Å². The highest BCUT2D eigenvalue weighted by Gasteiger charge is 2.06. The summed E-state index contributed by atoms with van der Waals surface area (Å²) in [6.07, 6.45) is 1.95. The monoisotopic (exact) mass is 380 g/mol. The van der Waals surface area contributed by atoms with Gasteiger partial charge in [-0.3, -0.25) is 0 Å². The second-order valence-electron chi connectivity index (χ2n) is 5.68. The van der Waals surface area contributed by atoms with Crippen LogP contribution in [-0.4, -0.2) is 79.2 Å². The Bertz CT molecular complexity index is 267. The fourth-order valence-electron chi connectivity index (χ4n) is 2.36. The van der Waals surface area contributed by atoms with E-state index in [-0.39, 0.29) is 37.7 Å². The van der Waals surface area contributed by atoms with Gasteiger partial charge in [0.05, 0.1) is 0 Å². The number of ether oxygens (including phenoxy) is 4. The van der Waals surface area contributed by atoms with E-state index in [1.54, 1.807) is 28.4 Å². The van der Waals surface area contributed by atoms with E-state index in [1.165, 1.54) is 12.1 Å². The summed E-state index contributed by atoms with van der Waals surface area (Å²) >= 11 is 0. The Morgan fingerprint density at radius 2 is 1.17 bits per heavy atom. The van der Waals surface area contributed by atoms with Gasteiger partial charge in [0, 0.05) is 60.6 Å². The van der Waals surface area contributed by atoms with E-state index in [4.69, 9.17) is 18.9 Å². The predicted molar refractivity (Wildman–Crippen MR) is 103 cm³/mol. The molecule has 2 amide bonds. The Morgan fingerprint density at radius 3 is 1.50 bits per heavy atom. The minimum absolute atomic E-state index is 0.0560. The Labute approximate surface area is 151 Å². The quantitative estimate of drug-likeness (QED) is 0.229. The molecule has 0 bridgehead atoms. The lowest BCUT2D eigenvalue weighted by molar-refractivity contribution is -0.0878. The van der Waals surface area contributed by atoms with E-state index >= 15 is 0 Å². The standard InChI is InChI=1S/C15H36N2O5Si2/c1-19-13(20-2)11-23-9-5-7-16-15(18)17-8-6-10-24-12-14(21-3)22-4/h13-14H,5-12,23-24H2,1-4H3,(H2,16,17,18). The molecule has 9 heteroatoms. The van der Waals surface area contributed by atoms with Crippen LogP contribution < -0.4 is 10.6 Å². The topological polar surface area (TPSA) is 78.1 Å². The van der Waals surface area contributed by atoms with Crippen LogP contribution in [0.1, 0.15) is 12.8 Å². The summed E-state index contributed by atoms with van der Waals surface area (Å²) in [6.45, 7) is 1.48. The van der Waals surface area contributed by atoms with Crippen LogP contribution >= 0.6 is 0 Å². The molecule has 0 aromatic heterocycles. The minimum atomic E-state index is -0.177. The first-order valence-corrected chi connectivity index (χ1v) is 12.8. The van der Waals surface area contributed by atoms with Crippen LogP contribution in [0.25, 0.3) is 0 Å². The zero-order valence-electron chi connectivity index (χ0n) is 15.8. The maximum Gasteiger partial charge on any atom is 0.314 e. The summed E-state index contributed by atoms with van der Waals surface area (Å²) in [6, 6.07) is 4.37. The van der Waals surface area contributed by atoms with E-state index in [9.17, 15) is 4.79 Å². The molecule has 0 saturated heterocycles. The Morgan fingerprint density at radius 1 is 0.792 bits per heavy atom. The average molecular weight is 381 g/mol. The number of carbonyl (C=O) groups is 1. The van der Waals surface area contributed by atoms with Crippen molar-refractivity contribution in [3.05, 3.63) is 0 Å². The SMILES string of the molecule is COC(C[SiH2]CCCNC(=O)NCCC[SiH2]CC(OC)OC)OC. The zero-order chi connectivity index (χ0) is 18.0. The highest BCUT2D eigenvalue weighted by molar-refractivity contribution is 6.35. The van der Waals surface area contributed by atoms with Gasteiger partial charge in [-0.1, -0.05) is 12.1 Å². The molecule has 0 fully saturated rings. The second-order valence-corrected chi connectivity index (χ2v) is 9.67. The number of rotatable bonds is 16. The van der Waals surface area contributed by atoms with Crippen molar-refractivity contribution < 1.29 is 23.7 Å². The van der Waals surface area contributed by atoms with Crippen LogP contribution in [0.3, 0.4) is 0 Å². The van der Waals surface area contributed by atoms with Crippen LogP contribution in [0.5, 0.6) is 0 Å². The van der Waals surface area contributed by atoms with Gasteiger partial charge >= 0.3 is 6.03 Å². The molecule has 0 aromatic rings. The van der Waals surface area contributed by atoms with Gasteiger partial charge in [0.25, 0.3) is 0 Å². The summed E-state index contributed by atoms with van der Waals surface area (Å²) in [5, 5.41) is 5.81. The van der Waals surface area contributed by atoms with Crippen LogP contribution in [-0.2, 0) is 18.9 Å². The van der Waals surface area contributed by atoms with Crippen molar-refractivity contribution in [2.24, 2.45) is 0 Å². The maximum atomic E-state index is 11.6. The summed E-state index contributed by atoms with van der Waals surface area (Å²) in [7, 11) is 6.33. The molecule has 0 saturated carbocycles. The molecule has 0 rings (SSSR count). The molecule has 24 heavy (non-hydrogen) atoms. The first kappa shape index (κ1) is 23.5. The van der Waals surface area contributed by atoms with E-state index < -0.39 is 0 Å². The van der Waals surface area contributed by atoms with Crippen molar-refractivity contribution in [2.75, 3.05) is 41.5 Å². The Kier molecular flexibility index (Phi) is 17.0. The number of hydrogen-bond acceptors (Lipinski definition) is 5. The van der Waals surface area contributed by atoms with Crippen LogP contribution in [0, 0.1) is 0 Å². The van der Waals surface area contributed by atoms with Crippen LogP contribution in [0.4, 0.5) is 4.79 Å². The number of carbonyl (C=O) groups excluding carboxylic acids is 1. The zero-order valence-corrected chi connectivity index (χ0v) is 18.6. The first-order chi connectivity index (χ1) is 11.7. The van der Waals surface area contributed by atoms with Crippen molar-refractivity contribution in [3.63, 3.8) is 0 Å². The maximum absolute atomic E-state index is 11.6. The summed E-state index contributed by atoms with van der Waals surface area (Å²) in [4.78, 5) is 11.6. The summed E-state index contributed by atoms with van der Waals surface area (Å²) in [5.41, 5.74) is 0. The van der Waals surface area contributed by atoms with Crippen molar-refractivity contribution in [3.8, 4) is 0 Å². The van der Waals surface area contributed by atoms with E-state index in [2.05, 4.69) is 10.6 Å². The third-order valence-electron chi connectivity index (χ3n) is 3.86. The first-order valence-electron chi connectivity index (χ1n) is 8.80. The minimum Gasteiger partial charge on any atom is -0.356 e. The van der Waals surface area contributed by atoms with Gasteiger partial charge in [0.2, 0.25) is 0 Å². The van der Waals surface area contributed by atoms with E-state index in [0.29, 0.717) is 0 Å². The predicted octanol–water partition coefficient (Wildman–Crippen LogP) is 0.314. The smallest absolute Gasteiger partial charge is 0.314 e. The van der Waals surface area contributed by atoms with E-state index in [0.717, 1.165) is 38.0 Å². The van der Waals surface area contributed by atoms with Crippen molar-refractivity contribution in [2.45, 2.75) is 49.6 Å². The van der Waals surface area contributed by atoms with Crippen molar-refractivity contribution >= 4 is 25.1 Å². The largest absolute Gasteiger partial charge is 0.356 e. The third-order valence-corrected chi connectivity index (χ3v) is 7.62. The van der Waals surface area contributed by atoms with Gasteiger partial charge in [-0.25, -0.2) is 4.79 Å². The van der Waals surface area contributed by atoms with Gasteiger partial charge in [-0.05, 0) is 24.9 Å². The molecule has 0 unspecified atom stereocenters. The number of amides is 2.